The van der Waals surface area contributed by atoms with E-state index in [4.69, 9.17) is 9.84 Å². The third-order valence-electron chi connectivity index (χ3n) is 3.50. The Kier molecular flexibility index (Phi) is 6.41. The molecule has 1 rings (SSSR count). The van der Waals surface area contributed by atoms with Crippen LogP contribution in [-0.2, 0) is 19.4 Å². The molecule has 1 aliphatic heterocycles. The molecule has 0 bridgehead atoms. The van der Waals surface area contributed by atoms with Crippen molar-refractivity contribution in [3.63, 3.8) is 0 Å². The van der Waals surface area contributed by atoms with Gasteiger partial charge in [-0.2, -0.15) is 0 Å². The van der Waals surface area contributed by atoms with Gasteiger partial charge in [-0.1, -0.05) is 6.92 Å². The Bertz CT molecular complexity index is 478. The van der Waals surface area contributed by atoms with Crippen LogP contribution in [0.3, 0.4) is 0 Å². The van der Waals surface area contributed by atoms with Crippen LogP contribution in [0, 0.1) is 5.92 Å². The summed E-state index contributed by atoms with van der Waals surface area (Å²) >= 11 is 0. The van der Waals surface area contributed by atoms with Crippen LogP contribution in [0.15, 0.2) is 0 Å². The standard InChI is InChI=1S/C12H22N2O6S/c1-3-14(10-8-20-7-9(10)11(15)16)12(17)13-5-6-21(18,19)4-2/h9-10H,3-8H2,1-2H3,(H,13,17)(H,15,16). The lowest BCUT2D eigenvalue weighted by Crippen LogP contribution is -2.51. The molecule has 1 saturated heterocycles. The molecule has 0 aliphatic carbocycles. The van der Waals surface area contributed by atoms with Crippen molar-refractivity contribution in [1.29, 1.82) is 0 Å². The fourth-order valence-electron chi connectivity index (χ4n) is 2.17. The summed E-state index contributed by atoms with van der Waals surface area (Å²) in [5.41, 5.74) is 0. The minimum absolute atomic E-state index is 0.0107. The summed E-state index contributed by atoms with van der Waals surface area (Å²) in [6.07, 6.45) is 0. The summed E-state index contributed by atoms with van der Waals surface area (Å²) in [5.74, 6) is -1.86. The molecule has 122 valence electrons. The maximum absolute atomic E-state index is 12.1. The largest absolute Gasteiger partial charge is 0.481 e. The van der Waals surface area contributed by atoms with Gasteiger partial charge in [-0.25, -0.2) is 13.2 Å². The molecular weight excluding hydrogens is 300 g/mol. The van der Waals surface area contributed by atoms with Gasteiger partial charge in [0.25, 0.3) is 0 Å². The van der Waals surface area contributed by atoms with Gasteiger partial charge in [0, 0.05) is 18.8 Å². The molecule has 2 N–H and O–H groups in total. The molecule has 2 atom stereocenters. The van der Waals surface area contributed by atoms with Gasteiger partial charge in [0.15, 0.2) is 9.84 Å². The molecular formula is C12H22N2O6S. The van der Waals surface area contributed by atoms with E-state index in [1.165, 1.54) is 4.90 Å². The Morgan fingerprint density at radius 2 is 2.00 bits per heavy atom. The van der Waals surface area contributed by atoms with Crippen molar-refractivity contribution < 1.29 is 27.9 Å². The van der Waals surface area contributed by atoms with Crippen molar-refractivity contribution in [2.75, 3.05) is 37.8 Å². The summed E-state index contributed by atoms with van der Waals surface area (Å²) in [4.78, 5) is 24.6. The number of carbonyl (C=O) groups excluding carboxylic acids is 1. The van der Waals surface area contributed by atoms with Crippen LogP contribution in [0.2, 0.25) is 0 Å². The average Bonchev–Trinajstić information content (AvgIpc) is 2.89. The van der Waals surface area contributed by atoms with Gasteiger partial charge < -0.3 is 20.1 Å². The summed E-state index contributed by atoms with van der Waals surface area (Å²) < 4.78 is 27.9. The van der Waals surface area contributed by atoms with E-state index < -0.39 is 33.8 Å². The Morgan fingerprint density at radius 3 is 2.52 bits per heavy atom. The van der Waals surface area contributed by atoms with Crippen LogP contribution in [0.25, 0.3) is 0 Å². The summed E-state index contributed by atoms with van der Waals surface area (Å²) in [5, 5.41) is 11.6. The van der Waals surface area contributed by atoms with E-state index in [1.807, 2.05) is 0 Å². The minimum Gasteiger partial charge on any atom is -0.481 e. The van der Waals surface area contributed by atoms with E-state index in [2.05, 4.69) is 5.32 Å². The number of carboxylic acid groups (broad SMARTS) is 1. The molecule has 1 fully saturated rings. The molecule has 0 saturated carbocycles. The number of sulfone groups is 1. The molecule has 8 nitrogen and oxygen atoms in total. The molecule has 0 aromatic rings. The smallest absolute Gasteiger partial charge is 0.317 e. The number of hydrogen-bond acceptors (Lipinski definition) is 5. The first-order valence-corrected chi connectivity index (χ1v) is 8.70. The number of ether oxygens (including phenoxy) is 1. The number of aliphatic carboxylic acids is 1. The molecule has 0 aromatic carbocycles. The van der Waals surface area contributed by atoms with E-state index in [0.717, 1.165) is 0 Å². The minimum atomic E-state index is -3.14. The maximum Gasteiger partial charge on any atom is 0.317 e. The third-order valence-corrected chi connectivity index (χ3v) is 5.20. The van der Waals surface area contributed by atoms with Crippen molar-refractivity contribution >= 4 is 21.8 Å². The number of hydrogen-bond donors (Lipinski definition) is 2. The number of urea groups is 1. The Hall–Kier alpha value is -1.35. The van der Waals surface area contributed by atoms with Gasteiger partial charge in [0.05, 0.1) is 25.0 Å². The molecule has 2 amide bonds. The molecule has 0 radical (unpaired) electrons. The highest BCUT2D eigenvalue weighted by Crippen LogP contribution is 2.20. The van der Waals surface area contributed by atoms with Gasteiger partial charge in [-0.15, -0.1) is 0 Å². The highest BCUT2D eigenvalue weighted by molar-refractivity contribution is 7.91. The van der Waals surface area contributed by atoms with Crippen LogP contribution >= 0.6 is 0 Å². The van der Waals surface area contributed by atoms with Gasteiger partial charge in [-0.05, 0) is 6.92 Å². The summed E-state index contributed by atoms with van der Waals surface area (Å²) in [7, 11) is -3.14. The quantitative estimate of drug-likeness (QED) is 0.656. The maximum atomic E-state index is 12.1. The van der Waals surface area contributed by atoms with E-state index in [1.54, 1.807) is 13.8 Å². The van der Waals surface area contributed by atoms with E-state index in [0.29, 0.717) is 6.54 Å². The first kappa shape index (κ1) is 17.7. The van der Waals surface area contributed by atoms with Gasteiger partial charge in [0.1, 0.15) is 5.92 Å². The van der Waals surface area contributed by atoms with E-state index in [-0.39, 0.29) is 31.3 Å². The fraction of sp³-hybridized carbons (Fsp3) is 0.833. The monoisotopic (exact) mass is 322 g/mol. The van der Waals surface area contributed by atoms with Crippen LogP contribution in [0.5, 0.6) is 0 Å². The third kappa shape index (κ3) is 4.85. The lowest BCUT2D eigenvalue weighted by molar-refractivity contribution is -0.142. The fourth-order valence-corrected chi connectivity index (χ4v) is 2.88. The molecule has 0 spiro atoms. The Balaban J connectivity index is 2.59. The summed E-state index contributed by atoms with van der Waals surface area (Å²) in [6.45, 7) is 3.86. The van der Waals surface area contributed by atoms with Crippen LogP contribution in [0.1, 0.15) is 13.8 Å². The molecule has 1 heterocycles. The number of rotatable bonds is 7. The molecule has 1 aliphatic rings. The second-order valence-corrected chi connectivity index (χ2v) is 7.28. The topological polar surface area (TPSA) is 113 Å². The molecule has 21 heavy (non-hydrogen) atoms. The van der Waals surface area contributed by atoms with Crippen molar-refractivity contribution in [2.24, 2.45) is 5.92 Å². The Labute approximate surface area is 124 Å². The zero-order valence-electron chi connectivity index (χ0n) is 12.2. The second-order valence-electron chi connectivity index (χ2n) is 4.80. The normalized spacial score (nSPS) is 22.0. The van der Waals surface area contributed by atoms with Crippen molar-refractivity contribution in [3.05, 3.63) is 0 Å². The first-order valence-electron chi connectivity index (χ1n) is 6.87. The van der Waals surface area contributed by atoms with Crippen LogP contribution in [-0.4, -0.2) is 74.3 Å². The summed E-state index contributed by atoms with van der Waals surface area (Å²) in [6, 6.07) is -0.999. The Morgan fingerprint density at radius 1 is 1.33 bits per heavy atom. The van der Waals surface area contributed by atoms with E-state index in [9.17, 15) is 18.0 Å². The number of carbonyl (C=O) groups is 2. The predicted octanol–water partition coefficient (Wildman–Crippen LogP) is -0.448. The SMILES string of the molecule is CCN(C(=O)NCCS(=O)(=O)CC)C1COCC1C(=O)O. The van der Waals surface area contributed by atoms with Crippen molar-refractivity contribution in [3.8, 4) is 0 Å². The van der Waals surface area contributed by atoms with Gasteiger partial charge in [0.2, 0.25) is 0 Å². The lowest BCUT2D eigenvalue weighted by Gasteiger charge is -2.29. The zero-order valence-corrected chi connectivity index (χ0v) is 13.1. The van der Waals surface area contributed by atoms with Gasteiger partial charge in [-0.3, -0.25) is 4.79 Å². The second kappa shape index (κ2) is 7.60. The number of nitrogens with one attached hydrogen (secondary N) is 1. The predicted molar refractivity (Wildman–Crippen MR) is 75.8 cm³/mol. The van der Waals surface area contributed by atoms with Crippen molar-refractivity contribution in [1.82, 2.24) is 10.2 Å². The number of carboxylic acids is 1. The highest BCUT2D eigenvalue weighted by Gasteiger charge is 2.39. The van der Waals surface area contributed by atoms with Crippen LogP contribution in [0.4, 0.5) is 4.79 Å². The average molecular weight is 322 g/mol. The number of nitrogens with zero attached hydrogens (tertiary/aromatic N) is 1. The first-order chi connectivity index (χ1) is 9.82. The van der Waals surface area contributed by atoms with E-state index >= 15 is 0 Å². The van der Waals surface area contributed by atoms with Crippen LogP contribution < -0.4 is 5.32 Å². The highest BCUT2D eigenvalue weighted by atomic mass is 32.2. The molecule has 9 heteroatoms. The zero-order chi connectivity index (χ0) is 16.0. The molecule has 0 aromatic heterocycles. The lowest BCUT2D eigenvalue weighted by atomic mass is 10.0. The van der Waals surface area contributed by atoms with Gasteiger partial charge >= 0.3 is 12.0 Å². The molecule has 2 unspecified atom stereocenters. The van der Waals surface area contributed by atoms with Crippen molar-refractivity contribution in [2.45, 2.75) is 19.9 Å². The number of amides is 2. The number of likely N-dealkylation sites (N-methyl/N-ethyl adjacent to an activating group) is 1.